The molecule has 0 aliphatic heterocycles. The minimum atomic E-state index is -0.0995. The predicted molar refractivity (Wildman–Crippen MR) is 82.2 cm³/mol. The minimum Gasteiger partial charge on any atom is -0.353 e. The van der Waals surface area contributed by atoms with Crippen molar-refractivity contribution in [3.63, 3.8) is 0 Å². The van der Waals surface area contributed by atoms with Gasteiger partial charge in [-0.3, -0.25) is 0 Å². The molecule has 3 heteroatoms. The summed E-state index contributed by atoms with van der Waals surface area (Å²) >= 11 is 3.54. The van der Waals surface area contributed by atoms with Gasteiger partial charge in [0.2, 0.25) is 0 Å². The van der Waals surface area contributed by atoms with Gasteiger partial charge in [0.15, 0.2) is 6.29 Å². The van der Waals surface area contributed by atoms with Gasteiger partial charge in [-0.15, -0.1) is 0 Å². The molecule has 0 spiro atoms. The molecule has 106 valence electrons. The molecule has 2 nitrogen and oxygen atoms in total. The van der Waals surface area contributed by atoms with Crippen molar-refractivity contribution in [3.05, 3.63) is 23.3 Å². The Labute approximate surface area is 121 Å². The largest absolute Gasteiger partial charge is 0.353 e. The molecule has 0 aliphatic rings. The van der Waals surface area contributed by atoms with Gasteiger partial charge in [0.1, 0.15) is 0 Å². The van der Waals surface area contributed by atoms with E-state index >= 15 is 0 Å². The van der Waals surface area contributed by atoms with E-state index in [-0.39, 0.29) is 6.29 Å². The lowest BCUT2D eigenvalue weighted by Crippen LogP contribution is -2.16. The number of alkyl halides is 1. The Hall–Kier alpha value is -0.120. The van der Waals surface area contributed by atoms with Gasteiger partial charge in [-0.05, 0) is 40.5 Å². The molecule has 0 saturated heterocycles. The second-order valence-corrected chi connectivity index (χ2v) is 4.95. The zero-order valence-electron chi connectivity index (χ0n) is 12.2. The van der Waals surface area contributed by atoms with Crippen LogP contribution in [0, 0.1) is 0 Å². The summed E-state index contributed by atoms with van der Waals surface area (Å²) in [6, 6.07) is 0. The Morgan fingerprint density at radius 1 is 1.11 bits per heavy atom. The number of hydrogen-bond donors (Lipinski definition) is 0. The second kappa shape index (κ2) is 11.9. The molecule has 0 aromatic heterocycles. The normalized spacial score (nSPS) is 12.0. The molecule has 0 N–H and O–H groups in total. The zero-order chi connectivity index (χ0) is 13.8. The Bertz CT molecular complexity index is 249. The van der Waals surface area contributed by atoms with E-state index in [1.165, 1.54) is 11.1 Å². The van der Waals surface area contributed by atoms with Crippen molar-refractivity contribution in [2.45, 2.75) is 53.2 Å². The Kier molecular flexibility index (Phi) is 11.9. The van der Waals surface area contributed by atoms with Crippen molar-refractivity contribution < 1.29 is 9.47 Å². The third-order valence-corrected chi connectivity index (χ3v) is 3.21. The van der Waals surface area contributed by atoms with Crippen LogP contribution < -0.4 is 0 Å². The van der Waals surface area contributed by atoms with E-state index in [1.54, 1.807) is 0 Å². The maximum Gasteiger partial charge on any atom is 0.160 e. The van der Waals surface area contributed by atoms with Gasteiger partial charge in [0.25, 0.3) is 0 Å². The third kappa shape index (κ3) is 9.86. The van der Waals surface area contributed by atoms with Gasteiger partial charge in [0.05, 0.1) is 0 Å². The van der Waals surface area contributed by atoms with Crippen LogP contribution in [-0.4, -0.2) is 24.8 Å². The van der Waals surface area contributed by atoms with Crippen LogP contribution in [0.3, 0.4) is 0 Å². The summed E-state index contributed by atoms with van der Waals surface area (Å²) in [5, 5.41) is 0.925. The molecule has 0 atom stereocenters. The van der Waals surface area contributed by atoms with Crippen LogP contribution in [0.2, 0.25) is 0 Å². The van der Waals surface area contributed by atoms with Crippen molar-refractivity contribution in [1.82, 2.24) is 0 Å². The molecule has 0 saturated carbocycles. The smallest absolute Gasteiger partial charge is 0.160 e. The fourth-order valence-corrected chi connectivity index (χ4v) is 2.10. The van der Waals surface area contributed by atoms with Crippen LogP contribution in [0.25, 0.3) is 0 Å². The summed E-state index contributed by atoms with van der Waals surface area (Å²) in [7, 11) is 0. The zero-order valence-corrected chi connectivity index (χ0v) is 13.8. The fraction of sp³-hybridized carbons (Fsp3) is 0.733. The maximum atomic E-state index is 5.53. The first-order chi connectivity index (χ1) is 8.63. The van der Waals surface area contributed by atoms with E-state index in [1.807, 2.05) is 13.8 Å². The first kappa shape index (κ1) is 17.9. The lowest BCUT2D eigenvalue weighted by atomic mass is 10.1. The summed E-state index contributed by atoms with van der Waals surface area (Å²) in [6.07, 6.45) is 7.45. The molecule has 18 heavy (non-hydrogen) atoms. The Morgan fingerprint density at radius 3 is 2.17 bits per heavy atom. The first-order valence-corrected chi connectivity index (χ1v) is 7.86. The van der Waals surface area contributed by atoms with Crippen LogP contribution >= 0.6 is 15.9 Å². The summed E-state index contributed by atoms with van der Waals surface area (Å²) in [5.41, 5.74) is 2.79. The van der Waals surface area contributed by atoms with Crippen LogP contribution in [0.1, 0.15) is 47.0 Å². The predicted octanol–water partition coefficient (Wildman–Crippen LogP) is 4.84. The van der Waals surface area contributed by atoms with Crippen molar-refractivity contribution in [1.29, 1.82) is 0 Å². The number of halogens is 1. The fourth-order valence-electron chi connectivity index (χ4n) is 1.59. The monoisotopic (exact) mass is 318 g/mol. The van der Waals surface area contributed by atoms with Crippen LogP contribution in [-0.2, 0) is 9.47 Å². The van der Waals surface area contributed by atoms with Gasteiger partial charge in [-0.1, -0.05) is 39.2 Å². The first-order valence-electron chi connectivity index (χ1n) is 6.74. The van der Waals surface area contributed by atoms with Gasteiger partial charge in [0, 0.05) is 25.0 Å². The molecule has 0 radical (unpaired) electrons. The van der Waals surface area contributed by atoms with E-state index in [0.717, 1.165) is 24.6 Å². The maximum absolute atomic E-state index is 5.53. The number of allylic oxidation sites excluding steroid dienone is 3. The number of hydrogen-bond acceptors (Lipinski definition) is 2. The quantitative estimate of drug-likeness (QED) is 0.326. The molecular weight excluding hydrogens is 292 g/mol. The summed E-state index contributed by atoms with van der Waals surface area (Å²) < 4.78 is 11.1. The standard InChI is InChI=1S/C15H27BrO2/c1-5-17-15(18-6-2)11-10-14(12-16)9-7-8-13(3)4/h8,10,15H,5-7,9,11-12H2,1-4H3/b14-10+. The molecule has 0 heterocycles. The van der Waals surface area contributed by atoms with E-state index in [2.05, 4.69) is 41.9 Å². The Balaban J connectivity index is 4.18. The van der Waals surface area contributed by atoms with Gasteiger partial charge < -0.3 is 9.47 Å². The van der Waals surface area contributed by atoms with Crippen molar-refractivity contribution in [2.24, 2.45) is 0 Å². The van der Waals surface area contributed by atoms with Crippen molar-refractivity contribution >= 4 is 15.9 Å². The lowest BCUT2D eigenvalue weighted by molar-refractivity contribution is -0.133. The highest BCUT2D eigenvalue weighted by atomic mass is 79.9. The summed E-state index contributed by atoms with van der Waals surface area (Å²) in [6.45, 7) is 9.65. The summed E-state index contributed by atoms with van der Waals surface area (Å²) in [5.74, 6) is 0. The SMILES string of the molecule is CCOC(C/C=C(/CBr)CCC=C(C)C)OCC. The molecular formula is C15H27BrO2. The average Bonchev–Trinajstić information content (AvgIpc) is 2.33. The van der Waals surface area contributed by atoms with Gasteiger partial charge >= 0.3 is 0 Å². The molecule has 0 aliphatic carbocycles. The van der Waals surface area contributed by atoms with E-state index in [4.69, 9.17) is 9.47 Å². The molecule has 0 unspecified atom stereocenters. The van der Waals surface area contributed by atoms with Crippen LogP contribution in [0.15, 0.2) is 23.3 Å². The third-order valence-electron chi connectivity index (χ3n) is 2.49. The van der Waals surface area contributed by atoms with Gasteiger partial charge in [-0.25, -0.2) is 0 Å². The molecule has 0 aromatic rings. The van der Waals surface area contributed by atoms with Crippen molar-refractivity contribution in [3.8, 4) is 0 Å². The molecule has 0 amide bonds. The van der Waals surface area contributed by atoms with Crippen LogP contribution in [0.4, 0.5) is 0 Å². The summed E-state index contributed by atoms with van der Waals surface area (Å²) in [4.78, 5) is 0. The highest BCUT2D eigenvalue weighted by Gasteiger charge is 2.06. The molecule has 0 bridgehead atoms. The van der Waals surface area contributed by atoms with E-state index < -0.39 is 0 Å². The second-order valence-electron chi connectivity index (χ2n) is 4.39. The van der Waals surface area contributed by atoms with E-state index in [0.29, 0.717) is 13.2 Å². The molecule has 0 aromatic carbocycles. The Morgan fingerprint density at radius 2 is 1.72 bits per heavy atom. The minimum absolute atomic E-state index is 0.0995. The lowest BCUT2D eigenvalue weighted by Gasteiger charge is -2.15. The average molecular weight is 319 g/mol. The topological polar surface area (TPSA) is 18.5 Å². The molecule has 0 rings (SSSR count). The number of rotatable bonds is 10. The van der Waals surface area contributed by atoms with E-state index in [9.17, 15) is 0 Å². The number of ether oxygens (including phenoxy) is 2. The highest BCUT2D eigenvalue weighted by molar-refractivity contribution is 9.09. The molecule has 0 fully saturated rings. The van der Waals surface area contributed by atoms with Crippen LogP contribution in [0.5, 0.6) is 0 Å². The highest BCUT2D eigenvalue weighted by Crippen LogP contribution is 2.13. The van der Waals surface area contributed by atoms with Crippen molar-refractivity contribution in [2.75, 3.05) is 18.5 Å². The van der Waals surface area contributed by atoms with Gasteiger partial charge in [-0.2, -0.15) is 0 Å².